The van der Waals surface area contributed by atoms with Crippen LogP contribution in [0.5, 0.6) is 0 Å². The molecule has 1 fully saturated rings. The molecule has 0 radical (unpaired) electrons. The van der Waals surface area contributed by atoms with Gasteiger partial charge in [-0.3, -0.25) is 9.59 Å². The van der Waals surface area contributed by atoms with Crippen molar-refractivity contribution in [3.05, 3.63) is 77.8 Å². The first-order valence-corrected chi connectivity index (χ1v) is 9.58. The highest BCUT2D eigenvalue weighted by Gasteiger charge is 2.36. The Morgan fingerprint density at radius 3 is 2.06 bits per heavy atom. The zero-order valence-corrected chi connectivity index (χ0v) is 16.3. The van der Waals surface area contributed by atoms with Gasteiger partial charge in [-0.1, -0.05) is 24.3 Å². The fourth-order valence-corrected chi connectivity index (χ4v) is 3.52. The molecule has 1 aliphatic rings. The van der Waals surface area contributed by atoms with Gasteiger partial charge in [0.1, 0.15) is 0 Å². The van der Waals surface area contributed by atoms with Gasteiger partial charge in [-0.25, -0.2) is 4.98 Å². The lowest BCUT2D eigenvalue weighted by molar-refractivity contribution is -0.138. The van der Waals surface area contributed by atoms with Crippen molar-refractivity contribution in [1.82, 2.24) is 14.8 Å². The van der Waals surface area contributed by atoms with Crippen LogP contribution in [-0.4, -0.2) is 52.8 Å². The third kappa shape index (κ3) is 4.30. The Morgan fingerprint density at radius 1 is 0.871 bits per heavy atom. The maximum atomic E-state index is 13.2. The van der Waals surface area contributed by atoms with Gasteiger partial charge in [0.05, 0.1) is 17.3 Å². The van der Waals surface area contributed by atoms with Gasteiger partial charge >= 0.3 is 6.18 Å². The second-order valence-electron chi connectivity index (χ2n) is 7.07. The molecule has 31 heavy (non-hydrogen) atoms. The van der Waals surface area contributed by atoms with Gasteiger partial charge in [-0.05, 0) is 24.3 Å². The van der Waals surface area contributed by atoms with E-state index < -0.39 is 17.6 Å². The van der Waals surface area contributed by atoms with E-state index in [1.165, 1.54) is 29.5 Å². The van der Waals surface area contributed by atoms with E-state index in [0.717, 1.165) is 11.6 Å². The lowest BCUT2D eigenvalue weighted by atomic mass is 10.1. The smallest absolute Gasteiger partial charge is 0.417 e. The van der Waals surface area contributed by atoms with Crippen LogP contribution in [0.1, 0.15) is 26.3 Å². The molecule has 4 rings (SSSR count). The Bertz CT molecular complexity index is 1070. The number of rotatable bonds is 3. The van der Waals surface area contributed by atoms with E-state index >= 15 is 0 Å². The number of benzene rings is 2. The van der Waals surface area contributed by atoms with Gasteiger partial charge in [0.25, 0.3) is 11.8 Å². The lowest BCUT2D eigenvalue weighted by Crippen LogP contribution is -2.50. The number of hydrogen-bond acceptors (Lipinski definition) is 4. The molecule has 2 amide bonds. The minimum atomic E-state index is -4.61. The number of halogens is 3. The molecule has 0 spiro atoms. The standard InChI is InChI=1S/C22H18F3N3O3/c23-22(24,25)18-4-2-1-3-17(18)21(30)28-11-9-27(10-12-28)20(29)16-7-5-15(6-8-16)19-13-26-14-31-19/h1-8,13-14H,9-12H2. The zero-order chi connectivity index (χ0) is 22.0. The van der Waals surface area contributed by atoms with Crippen molar-refractivity contribution in [2.24, 2.45) is 0 Å². The van der Waals surface area contributed by atoms with Crippen molar-refractivity contribution in [1.29, 1.82) is 0 Å². The molecule has 9 heteroatoms. The molecule has 2 aromatic carbocycles. The van der Waals surface area contributed by atoms with E-state index in [1.807, 2.05) is 0 Å². The Balaban J connectivity index is 1.41. The number of amides is 2. The third-order valence-electron chi connectivity index (χ3n) is 5.17. The summed E-state index contributed by atoms with van der Waals surface area (Å²) in [7, 11) is 0. The van der Waals surface area contributed by atoms with Gasteiger partial charge < -0.3 is 14.2 Å². The van der Waals surface area contributed by atoms with Gasteiger partial charge in [0.2, 0.25) is 0 Å². The Kier molecular flexibility index (Phi) is 5.50. The van der Waals surface area contributed by atoms with Crippen molar-refractivity contribution in [2.45, 2.75) is 6.18 Å². The quantitative estimate of drug-likeness (QED) is 0.632. The van der Waals surface area contributed by atoms with E-state index in [-0.39, 0.29) is 37.6 Å². The molecule has 0 N–H and O–H groups in total. The van der Waals surface area contributed by atoms with E-state index in [0.29, 0.717) is 11.3 Å². The molecule has 6 nitrogen and oxygen atoms in total. The molecule has 0 bridgehead atoms. The van der Waals surface area contributed by atoms with Crippen LogP contribution in [0.3, 0.4) is 0 Å². The van der Waals surface area contributed by atoms with Crippen molar-refractivity contribution >= 4 is 11.8 Å². The van der Waals surface area contributed by atoms with Gasteiger partial charge in [-0.15, -0.1) is 0 Å². The van der Waals surface area contributed by atoms with E-state index in [9.17, 15) is 22.8 Å². The maximum Gasteiger partial charge on any atom is 0.417 e. The summed E-state index contributed by atoms with van der Waals surface area (Å²) in [6.45, 7) is 0.797. The van der Waals surface area contributed by atoms with Crippen molar-refractivity contribution in [3.63, 3.8) is 0 Å². The average Bonchev–Trinajstić information content (AvgIpc) is 3.33. The topological polar surface area (TPSA) is 66.7 Å². The molecular weight excluding hydrogens is 411 g/mol. The number of carbonyl (C=O) groups excluding carboxylic acids is 2. The number of alkyl halides is 3. The molecule has 1 aliphatic heterocycles. The molecule has 3 aromatic rings. The summed E-state index contributed by atoms with van der Waals surface area (Å²) in [5, 5.41) is 0. The number of hydrogen-bond donors (Lipinski definition) is 0. The highest BCUT2D eigenvalue weighted by Crippen LogP contribution is 2.32. The second-order valence-corrected chi connectivity index (χ2v) is 7.07. The van der Waals surface area contributed by atoms with E-state index in [4.69, 9.17) is 4.42 Å². The fraction of sp³-hybridized carbons (Fsp3) is 0.227. The summed E-state index contributed by atoms with van der Waals surface area (Å²) in [5.74, 6) is -0.298. The van der Waals surface area contributed by atoms with Crippen LogP contribution in [0.4, 0.5) is 13.2 Å². The van der Waals surface area contributed by atoms with Gasteiger partial charge in [0.15, 0.2) is 12.2 Å². The van der Waals surface area contributed by atoms with Crippen LogP contribution in [0.15, 0.2) is 65.5 Å². The summed E-state index contributed by atoms with van der Waals surface area (Å²) in [4.78, 5) is 32.2. The largest absolute Gasteiger partial charge is 0.444 e. The Hall–Kier alpha value is -3.62. The molecule has 0 aliphatic carbocycles. The molecule has 0 saturated carbocycles. The maximum absolute atomic E-state index is 13.2. The zero-order valence-electron chi connectivity index (χ0n) is 16.3. The van der Waals surface area contributed by atoms with Gasteiger partial charge in [0, 0.05) is 37.3 Å². The number of piperazine rings is 1. The predicted octanol–water partition coefficient (Wildman–Crippen LogP) is 3.96. The monoisotopic (exact) mass is 429 g/mol. The normalized spacial score (nSPS) is 14.5. The average molecular weight is 429 g/mol. The van der Waals surface area contributed by atoms with Crippen molar-refractivity contribution in [2.75, 3.05) is 26.2 Å². The van der Waals surface area contributed by atoms with E-state index in [2.05, 4.69) is 4.98 Å². The molecule has 160 valence electrons. The summed E-state index contributed by atoms with van der Waals surface area (Å²) in [5.41, 5.74) is -0.0682. The third-order valence-corrected chi connectivity index (χ3v) is 5.17. The van der Waals surface area contributed by atoms with Crippen molar-refractivity contribution < 1.29 is 27.2 Å². The Morgan fingerprint density at radius 2 is 1.48 bits per heavy atom. The van der Waals surface area contributed by atoms with E-state index in [1.54, 1.807) is 35.4 Å². The number of aromatic nitrogens is 1. The minimum Gasteiger partial charge on any atom is -0.444 e. The van der Waals surface area contributed by atoms with Gasteiger partial charge in [-0.2, -0.15) is 13.2 Å². The summed E-state index contributed by atoms with van der Waals surface area (Å²) in [6, 6.07) is 11.6. The van der Waals surface area contributed by atoms with Crippen LogP contribution in [0.2, 0.25) is 0 Å². The van der Waals surface area contributed by atoms with Crippen LogP contribution in [0, 0.1) is 0 Å². The van der Waals surface area contributed by atoms with Crippen LogP contribution < -0.4 is 0 Å². The van der Waals surface area contributed by atoms with Crippen molar-refractivity contribution in [3.8, 4) is 11.3 Å². The number of carbonyl (C=O) groups is 2. The first-order valence-electron chi connectivity index (χ1n) is 9.58. The highest BCUT2D eigenvalue weighted by atomic mass is 19.4. The first-order chi connectivity index (χ1) is 14.8. The molecule has 1 aromatic heterocycles. The minimum absolute atomic E-state index is 0.160. The number of oxazole rings is 1. The molecule has 2 heterocycles. The van der Waals surface area contributed by atoms with Crippen LogP contribution in [0.25, 0.3) is 11.3 Å². The molecule has 1 saturated heterocycles. The summed E-state index contributed by atoms with van der Waals surface area (Å²) < 4.78 is 44.9. The van der Waals surface area contributed by atoms with Crippen LogP contribution in [-0.2, 0) is 6.18 Å². The molecule has 0 atom stereocenters. The highest BCUT2D eigenvalue weighted by molar-refractivity contribution is 5.97. The SMILES string of the molecule is O=C(c1ccc(-c2cnco2)cc1)N1CCN(C(=O)c2ccccc2C(F)(F)F)CC1. The fourth-order valence-electron chi connectivity index (χ4n) is 3.52. The first kappa shape index (κ1) is 20.6. The Labute approximate surface area is 175 Å². The second kappa shape index (κ2) is 8.25. The summed E-state index contributed by atoms with van der Waals surface area (Å²) in [6.07, 6.45) is -1.71. The molecular formula is C22H18F3N3O3. The lowest BCUT2D eigenvalue weighted by Gasteiger charge is -2.35. The molecule has 0 unspecified atom stereocenters. The van der Waals surface area contributed by atoms with Crippen LogP contribution >= 0.6 is 0 Å². The number of nitrogens with zero attached hydrogens (tertiary/aromatic N) is 3. The summed E-state index contributed by atoms with van der Waals surface area (Å²) >= 11 is 0. The predicted molar refractivity (Wildman–Crippen MR) is 105 cm³/mol.